The Morgan fingerprint density at radius 1 is 1.08 bits per heavy atom. The Morgan fingerprint density at radius 3 is 2.00 bits per heavy atom. The van der Waals surface area contributed by atoms with Gasteiger partial charge in [-0.25, -0.2) is 0 Å². The summed E-state index contributed by atoms with van der Waals surface area (Å²) in [6, 6.07) is 0. The second-order valence-electron chi connectivity index (χ2n) is 3.94. The standard InChI is InChI=1S/C8H19B2N2S/c1-5(2)7(9)11-10-12-8(13)6(3)4/h5-8,11-13H,1-4H3. The van der Waals surface area contributed by atoms with Crippen molar-refractivity contribution in [3.05, 3.63) is 0 Å². The van der Waals surface area contributed by atoms with Gasteiger partial charge in [0.15, 0.2) is 0 Å². The summed E-state index contributed by atoms with van der Waals surface area (Å²) in [5, 5.41) is 6.35. The molecule has 0 rings (SSSR count). The highest BCUT2D eigenvalue weighted by molar-refractivity contribution is 7.81. The van der Waals surface area contributed by atoms with Crippen molar-refractivity contribution in [2.45, 2.75) is 39.0 Å². The number of thiol groups is 1. The molecule has 13 heavy (non-hydrogen) atoms. The first-order valence-electron chi connectivity index (χ1n) is 4.72. The molecule has 2 unspecified atom stereocenters. The molecule has 2 N–H and O–H groups in total. The zero-order valence-electron chi connectivity index (χ0n) is 8.91. The van der Waals surface area contributed by atoms with Gasteiger partial charge in [-0.2, -0.15) is 12.6 Å². The van der Waals surface area contributed by atoms with Gasteiger partial charge >= 0.3 is 7.55 Å². The fourth-order valence-electron chi connectivity index (χ4n) is 0.615. The third-order valence-corrected chi connectivity index (χ3v) is 2.62. The molecule has 0 aliphatic heterocycles. The van der Waals surface area contributed by atoms with E-state index in [4.69, 9.17) is 7.85 Å². The Bertz CT molecular complexity index is 119. The van der Waals surface area contributed by atoms with Gasteiger partial charge in [-0.1, -0.05) is 27.7 Å². The van der Waals surface area contributed by atoms with E-state index >= 15 is 0 Å². The van der Waals surface area contributed by atoms with Gasteiger partial charge in [0.05, 0.1) is 7.85 Å². The normalized spacial score (nSPS) is 16.2. The van der Waals surface area contributed by atoms with Crippen LogP contribution in [0.4, 0.5) is 0 Å². The second-order valence-corrected chi connectivity index (χ2v) is 4.49. The summed E-state index contributed by atoms with van der Waals surface area (Å²) in [5.41, 5.74) is 0. The molecule has 5 heteroatoms. The largest absolute Gasteiger partial charge is 0.351 e. The van der Waals surface area contributed by atoms with Crippen molar-refractivity contribution in [2.24, 2.45) is 11.8 Å². The maximum Gasteiger partial charge on any atom is 0.307 e. The van der Waals surface area contributed by atoms with Crippen LogP contribution in [0.1, 0.15) is 27.7 Å². The van der Waals surface area contributed by atoms with Crippen LogP contribution in [0.25, 0.3) is 0 Å². The highest BCUT2D eigenvalue weighted by atomic mass is 32.1. The van der Waals surface area contributed by atoms with Crippen LogP contribution in [0.5, 0.6) is 0 Å². The van der Waals surface area contributed by atoms with Crippen molar-refractivity contribution in [3.63, 3.8) is 0 Å². The minimum Gasteiger partial charge on any atom is -0.351 e. The molecule has 0 heterocycles. The van der Waals surface area contributed by atoms with E-state index < -0.39 is 0 Å². The van der Waals surface area contributed by atoms with E-state index in [1.165, 1.54) is 0 Å². The first kappa shape index (κ1) is 13.4. The molecule has 0 aliphatic rings. The zero-order chi connectivity index (χ0) is 10.4. The lowest BCUT2D eigenvalue weighted by Crippen LogP contribution is -2.46. The predicted octanol–water partition coefficient (Wildman–Crippen LogP) is 0.762. The summed E-state index contributed by atoms with van der Waals surface area (Å²) in [6.45, 7) is 8.38. The predicted molar refractivity (Wildman–Crippen MR) is 64.0 cm³/mol. The van der Waals surface area contributed by atoms with Gasteiger partial charge in [0.1, 0.15) is 0 Å². The summed E-state index contributed by atoms with van der Waals surface area (Å²) in [5.74, 6) is 0.923. The molecule has 0 aliphatic carbocycles. The molecule has 0 saturated carbocycles. The monoisotopic (exact) mass is 197 g/mol. The van der Waals surface area contributed by atoms with E-state index in [0.29, 0.717) is 11.8 Å². The third kappa shape index (κ3) is 6.47. The first-order chi connectivity index (χ1) is 5.95. The highest BCUT2D eigenvalue weighted by Crippen LogP contribution is 2.03. The SMILES string of the molecule is [B]C(N[B]NC(S)C(C)C)C(C)C. The van der Waals surface area contributed by atoms with E-state index in [9.17, 15) is 0 Å². The van der Waals surface area contributed by atoms with Gasteiger partial charge in [0.25, 0.3) is 0 Å². The quantitative estimate of drug-likeness (QED) is 0.332. The van der Waals surface area contributed by atoms with Crippen LogP contribution in [-0.4, -0.2) is 26.7 Å². The minimum absolute atomic E-state index is 0.000181. The van der Waals surface area contributed by atoms with Gasteiger partial charge in [0, 0.05) is 5.37 Å². The molecular formula is C8H19B2N2S. The summed E-state index contributed by atoms with van der Waals surface area (Å²) < 4.78 is 0. The fourth-order valence-corrected chi connectivity index (χ4v) is 0.689. The molecule has 0 saturated heterocycles. The van der Waals surface area contributed by atoms with E-state index in [-0.39, 0.29) is 11.3 Å². The maximum absolute atomic E-state index is 5.77. The van der Waals surface area contributed by atoms with Crippen molar-refractivity contribution < 1.29 is 0 Å². The average molecular weight is 197 g/mol. The highest BCUT2D eigenvalue weighted by Gasteiger charge is 2.09. The zero-order valence-corrected chi connectivity index (χ0v) is 9.81. The maximum atomic E-state index is 5.77. The topological polar surface area (TPSA) is 24.1 Å². The fraction of sp³-hybridized carbons (Fsp3) is 1.00. The van der Waals surface area contributed by atoms with Crippen LogP contribution < -0.4 is 10.5 Å². The minimum atomic E-state index is 0.000181. The molecule has 0 fully saturated rings. The van der Waals surface area contributed by atoms with Crippen LogP contribution in [-0.2, 0) is 0 Å². The van der Waals surface area contributed by atoms with Crippen molar-refractivity contribution in [2.75, 3.05) is 0 Å². The third-order valence-electron chi connectivity index (χ3n) is 1.88. The molecule has 2 nitrogen and oxygen atoms in total. The molecule has 0 spiro atoms. The average Bonchev–Trinajstić information content (AvgIpc) is 2.03. The van der Waals surface area contributed by atoms with Crippen LogP contribution in [0.2, 0.25) is 0 Å². The van der Waals surface area contributed by atoms with E-state index in [2.05, 4.69) is 50.8 Å². The number of hydrogen-bond donors (Lipinski definition) is 3. The Labute approximate surface area is 89.7 Å². The van der Waals surface area contributed by atoms with Gasteiger partial charge in [-0.3, -0.25) is 0 Å². The van der Waals surface area contributed by atoms with Gasteiger partial charge < -0.3 is 10.5 Å². The smallest absolute Gasteiger partial charge is 0.307 e. The number of hydrogen-bond acceptors (Lipinski definition) is 3. The van der Waals surface area contributed by atoms with Gasteiger partial charge in [-0.15, -0.1) is 0 Å². The molecule has 73 valence electrons. The molecule has 0 aromatic rings. The Morgan fingerprint density at radius 2 is 1.62 bits per heavy atom. The Balaban J connectivity index is 3.45. The van der Waals surface area contributed by atoms with Crippen molar-refractivity contribution in [3.8, 4) is 0 Å². The van der Waals surface area contributed by atoms with E-state index in [1.807, 2.05) is 0 Å². The van der Waals surface area contributed by atoms with Crippen LogP contribution in [0, 0.1) is 11.8 Å². The van der Waals surface area contributed by atoms with E-state index in [0.717, 1.165) is 0 Å². The van der Waals surface area contributed by atoms with Crippen LogP contribution in [0.15, 0.2) is 0 Å². The lowest BCUT2D eigenvalue weighted by molar-refractivity contribution is 0.561. The number of rotatable bonds is 6. The molecule has 0 aromatic heterocycles. The Hall–Kier alpha value is 0.400. The molecule has 0 bridgehead atoms. The van der Waals surface area contributed by atoms with Crippen molar-refractivity contribution in [1.29, 1.82) is 0 Å². The second kappa shape index (κ2) is 6.79. The Kier molecular flexibility index (Phi) is 7.00. The summed E-state index contributed by atoms with van der Waals surface area (Å²) in [6.07, 6.45) is 0. The first-order valence-corrected chi connectivity index (χ1v) is 5.24. The lowest BCUT2D eigenvalue weighted by atomic mass is 9.83. The molecule has 0 aromatic carbocycles. The van der Waals surface area contributed by atoms with Gasteiger partial charge in [0.2, 0.25) is 0 Å². The van der Waals surface area contributed by atoms with Crippen molar-refractivity contribution in [1.82, 2.24) is 10.5 Å². The van der Waals surface area contributed by atoms with Crippen LogP contribution in [0.3, 0.4) is 0 Å². The van der Waals surface area contributed by atoms with E-state index in [1.54, 1.807) is 7.55 Å². The molecule has 3 radical (unpaired) electrons. The molecule has 2 atom stereocenters. The number of nitrogens with one attached hydrogen (secondary N) is 2. The lowest BCUT2D eigenvalue weighted by Gasteiger charge is -2.20. The van der Waals surface area contributed by atoms with Crippen LogP contribution >= 0.6 is 12.6 Å². The molecular weight excluding hydrogens is 178 g/mol. The summed E-state index contributed by atoms with van der Waals surface area (Å²) >= 11 is 4.36. The summed E-state index contributed by atoms with van der Waals surface area (Å²) in [7, 11) is 7.55. The molecule has 0 amide bonds. The summed E-state index contributed by atoms with van der Waals surface area (Å²) in [4.78, 5) is 0. The van der Waals surface area contributed by atoms with Crippen molar-refractivity contribution >= 4 is 28.0 Å². The van der Waals surface area contributed by atoms with Gasteiger partial charge in [-0.05, 0) is 17.8 Å².